The van der Waals surface area contributed by atoms with Gasteiger partial charge in [-0.2, -0.15) is 13.2 Å². The number of alkyl halides is 3. The number of benzene rings is 1. The Balaban J connectivity index is 0.00000162. The van der Waals surface area contributed by atoms with Crippen molar-refractivity contribution in [2.75, 3.05) is 0 Å². The maximum Gasteiger partial charge on any atom is 0.419 e. The van der Waals surface area contributed by atoms with Crippen LogP contribution in [0.2, 0.25) is 0 Å². The van der Waals surface area contributed by atoms with Crippen LogP contribution in [0, 0.1) is 11.7 Å². The van der Waals surface area contributed by atoms with Crippen molar-refractivity contribution < 1.29 is 17.6 Å². The number of hydrogen-bond acceptors (Lipinski definition) is 1. The fourth-order valence-electron chi connectivity index (χ4n) is 2.08. The molecule has 0 saturated heterocycles. The summed E-state index contributed by atoms with van der Waals surface area (Å²) in [5.74, 6) is -1.12. The maximum absolute atomic E-state index is 13.7. The summed E-state index contributed by atoms with van der Waals surface area (Å²) in [6, 6.07) is 2.66. The Morgan fingerprint density at radius 1 is 1.22 bits per heavy atom. The van der Waals surface area contributed by atoms with E-state index in [-0.39, 0.29) is 23.9 Å². The quantitative estimate of drug-likeness (QED) is 0.814. The predicted octanol–water partition coefficient (Wildman–Crippen LogP) is 4.07. The largest absolute Gasteiger partial charge is 0.419 e. The first-order valence-corrected chi connectivity index (χ1v) is 5.52. The van der Waals surface area contributed by atoms with Gasteiger partial charge >= 0.3 is 6.18 Å². The van der Waals surface area contributed by atoms with Gasteiger partial charge in [0, 0.05) is 11.6 Å². The van der Waals surface area contributed by atoms with E-state index in [1.54, 1.807) is 0 Å². The molecule has 0 aromatic heterocycles. The van der Waals surface area contributed by atoms with Crippen molar-refractivity contribution >= 4 is 12.4 Å². The van der Waals surface area contributed by atoms with Gasteiger partial charge in [-0.05, 0) is 24.8 Å². The van der Waals surface area contributed by atoms with Crippen LogP contribution in [0.1, 0.15) is 36.4 Å². The van der Waals surface area contributed by atoms with Gasteiger partial charge < -0.3 is 5.73 Å². The molecule has 18 heavy (non-hydrogen) atoms. The van der Waals surface area contributed by atoms with Crippen LogP contribution in [0.4, 0.5) is 17.6 Å². The molecule has 6 heteroatoms. The number of nitrogens with two attached hydrogens (primary N) is 1. The molecule has 1 fully saturated rings. The number of hydrogen-bond donors (Lipinski definition) is 1. The van der Waals surface area contributed by atoms with E-state index >= 15 is 0 Å². The van der Waals surface area contributed by atoms with Crippen LogP contribution in [0.5, 0.6) is 0 Å². The zero-order valence-electron chi connectivity index (χ0n) is 9.51. The van der Waals surface area contributed by atoms with E-state index in [1.807, 2.05) is 0 Å². The average Bonchev–Trinajstić information content (AvgIpc) is 2.13. The predicted molar refractivity (Wildman–Crippen MR) is 62.9 cm³/mol. The summed E-state index contributed by atoms with van der Waals surface area (Å²) in [6.45, 7) is 0. The van der Waals surface area contributed by atoms with E-state index in [9.17, 15) is 17.6 Å². The SMILES string of the molecule is Cl.N[C@@H](c1cccc(C(F)(F)F)c1F)C1CCC1. The molecule has 1 aromatic carbocycles. The Bertz CT molecular complexity index is 415. The highest BCUT2D eigenvalue weighted by Gasteiger charge is 2.36. The second kappa shape index (κ2) is 5.45. The number of rotatable bonds is 2. The monoisotopic (exact) mass is 283 g/mol. The van der Waals surface area contributed by atoms with Gasteiger partial charge in [-0.25, -0.2) is 4.39 Å². The first-order chi connectivity index (χ1) is 7.91. The van der Waals surface area contributed by atoms with Gasteiger partial charge in [-0.15, -0.1) is 12.4 Å². The van der Waals surface area contributed by atoms with Gasteiger partial charge in [0.05, 0.1) is 5.56 Å². The third kappa shape index (κ3) is 2.78. The molecule has 0 spiro atoms. The summed E-state index contributed by atoms with van der Waals surface area (Å²) < 4.78 is 51.3. The van der Waals surface area contributed by atoms with Crippen molar-refractivity contribution in [3.05, 3.63) is 35.1 Å². The summed E-state index contributed by atoms with van der Waals surface area (Å²) in [7, 11) is 0. The zero-order chi connectivity index (χ0) is 12.6. The lowest BCUT2D eigenvalue weighted by Gasteiger charge is -2.32. The van der Waals surface area contributed by atoms with Crippen LogP contribution in [-0.4, -0.2) is 0 Å². The van der Waals surface area contributed by atoms with E-state index in [1.165, 1.54) is 12.1 Å². The van der Waals surface area contributed by atoms with Crippen LogP contribution < -0.4 is 5.73 Å². The molecular weight excluding hydrogens is 270 g/mol. The van der Waals surface area contributed by atoms with Gasteiger partial charge in [0.15, 0.2) is 0 Å². The molecule has 0 radical (unpaired) electrons. The van der Waals surface area contributed by atoms with Crippen LogP contribution in [0.15, 0.2) is 18.2 Å². The smallest absolute Gasteiger partial charge is 0.324 e. The Labute approximate surface area is 109 Å². The second-order valence-electron chi connectivity index (χ2n) is 4.42. The molecule has 1 atom stereocenters. The molecule has 102 valence electrons. The molecule has 0 heterocycles. The first-order valence-electron chi connectivity index (χ1n) is 5.52. The fraction of sp³-hybridized carbons (Fsp3) is 0.500. The fourth-order valence-corrected chi connectivity index (χ4v) is 2.08. The van der Waals surface area contributed by atoms with E-state index < -0.39 is 23.6 Å². The van der Waals surface area contributed by atoms with Crippen molar-refractivity contribution in [1.82, 2.24) is 0 Å². The molecule has 2 rings (SSSR count). The molecule has 0 bridgehead atoms. The van der Waals surface area contributed by atoms with Crippen LogP contribution in [0.3, 0.4) is 0 Å². The average molecular weight is 284 g/mol. The molecule has 1 saturated carbocycles. The Kier molecular flexibility index (Phi) is 4.61. The second-order valence-corrected chi connectivity index (χ2v) is 4.42. The van der Waals surface area contributed by atoms with E-state index in [4.69, 9.17) is 5.73 Å². The summed E-state index contributed by atoms with van der Waals surface area (Å²) >= 11 is 0. The topological polar surface area (TPSA) is 26.0 Å². The molecule has 2 N–H and O–H groups in total. The lowest BCUT2D eigenvalue weighted by Crippen LogP contribution is -2.28. The molecule has 0 unspecified atom stereocenters. The summed E-state index contributed by atoms with van der Waals surface area (Å²) in [5, 5.41) is 0. The minimum atomic E-state index is -4.67. The van der Waals surface area contributed by atoms with Gasteiger partial charge in [0.1, 0.15) is 5.82 Å². The third-order valence-electron chi connectivity index (χ3n) is 3.35. The number of halogens is 5. The Morgan fingerprint density at radius 2 is 1.83 bits per heavy atom. The van der Waals surface area contributed by atoms with E-state index in [2.05, 4.69) is 0 Å². The normalized spacial score (nSPS) is 17.8. The highest BCUT2D eigenvalue weighted by atomic mass is 35.5. The standard InChI is InChI=1S/C12H13F4N.ClH/c13-10-8(11(17)7-3-1-4-7)5-2-6-9(10)12(14,15)16;/h2,5-7,11H,1,3-4,17H2;1H/t11-;/m1./s1. The summed E-state index contributed by atoms with van der Waals surface area (Å²) in [4.78, 5) is 0. The van der Waals surface area contributed by atoms with Gasteiger partial charge in [0.25, 0.3) is 0 Å². The molecule has 1 aliphatic rings. The molecule has 1 aromatic rings. The van der Waals surface area contributed by atoms with Crippen LogP contribution in [0.25, 0.3) is 0 Å². The van der Waals surface area contributed by atoms with Gasteiger partial charge in [-0.1, -0.05) is 18.6 Å². The maximum atomic E-state index is 13.7. The van der Waals surface area contributed by atoms with Gasteiger partial charge in [0.2, 0.25) is 0 Å². The molecule has 1 aliphatic carbocycles. The Hall–Kier alpha value is -0.810. The summed E-state index contributed by atoms with van der Waals surface area (Å²) in [6.07, 6.45) is -1.94. The van der Waals surface area contributed by atoms with Crippen molar-refractivity contribution in [2.45, 2.75) is 31.5 Å². The molecule has 0 aliphatic heterocycles. The first kappa shape index (κ1) is 15.2. The lowest BCUT2D eigenvalue weighted by atomic mass is 9.77. The highest BCUT2D eigenvalue weighted by molar-refractivity contribution is 5.85. The van der Waals surface area contributed by atoms with Crippen molar-refractivity contribution in [3.63, 3.8) is 0 Å². The lowest BCUT2D eigenvalue weighted by molar-refractivity contribution is -0.140. The van der Waals surface area contributed by atoms with E-state index in [0.29, 0.717) is 0 Å². The van der Waals surface area contributed by atoms with Crippen LogP contribution in [-0.2, 0) is 6.18 Å². The molecule has 0 amide bonds. The van der Waals surface area contributed by atoms with Crippen molar-refractivity contribution in [3.8, 4) is 0 Å². The van der Waals surface area contributed by atoms with Crippen LogP contribution >= 0.6 is 12.4 Å². The van der Waals surface area contributed by atoms with E-state index in [0.717, 1.165) is 25.3 Å². The third-order valence-corrected chi connectivity index (χ3v) is 3.35. The van der Waals surface area contributed by atoms with Crippen molar-refractivity contribution in [1.29, 1.82) is 0 Å². The zero-order valence-corrected chi connectivity index (χ0v) is 10.3. The molecular formula is C12H14ClF4N. The van der Waals surface area contributed by atoms with Gasteiger partial charge in [-0.3, -0.25) is 0 Å². The van der Waals surface area contributed by atoms with Crippen molar-refractivity contribution in [2.24, 2.45) is 11.7 Å². The minimum absolute atomic E-state index is 0. The molecule has 1 nitrogen and oxygen atoms in total. The highest BCUT2D eigenvalue weighted by Crippen LogP contribution is 2.39. The Morgan fingerprint density at radius 3 is 2.28 bits per heavy atom. The minimum Gasteiger partial charge on any atom is -0.324 e. The summed E-state index contributed by atoms with van der Waals surface area (Å²) in [5.41, 5.74) is 4.55.